The maximum Gasteiger partial charge on any atom is 0.391 e. The van der Waals surface area contributed by atoms with E-state index in [1.165, 1.54) is 25.7 Å². The largest absolute Gasteiger partial charge is 0.391 e. The van der Waals surface area contributed by atoms with Crippen molar-refractivity contribution in [2.45, 2.75) is 69.6 Å². The number of rotatable bonds is 5. The first-order valence-electron chi connectivity index (χ1n) is 7.97. The summed E-state index contributed by atoms with van der Waals surface area (Å²) in [5.74, 6) is -1.07. The number of nitrogens with zero attached hydrogens (tertiary/aromatic N) is 1. The lowest BCUT2D eigenvalue weighted by Gasteiger charge is -2.31. The van der Waals surface area contributed by atoms with Gasteiger partial charge in [0.15, 0.2) is 0 Å². The summed E-state index contributed by atoms with van der Waals surface area (Å²) in [4.78, 5) is 2.40. The van der Waals surface area contributed by atoms with Gasteiger partial charge in [0.05, 0.1) is 5.92 Å². The fraction of sp³-hybridized carbons (Fsp3) is 1.00. The topological polar surface area (TPSA) is 15.3 Å². The van der Waals surface area contributed by atoms with Crippen molar-refractivity contribution >= 4 is 0 Å². The first-order valence-corrected chi connectivity index (χ1v) is 7.97. The molecule has 0 aromatic rings. The van der Waals surface area contributed by atoms with Crippen molar-refractivity contribution < 1.29 is 13.2 Å². The summed E-state index contributed by atoms with van der Waals surface area (Å²) in [5.41, 5.74) is 0. The molecule has 0 amide bonds. The molecule has 0 bridgehead atoms. The first kappa shape index (κ1) is 16.1. The summed E-state index contributed by atoms with van der Waals surface area (Å²) in [6, 6.07) is 1.00. The standard InChI is InChI=1S/C15H27F3N2/c1-20(14-4-2-3-5-14)11-10-19-13-8-6-12(7-9-13)15(16,17)18/h12-14,19H,2-11H2,1H3. The van der Waals surface area contributed by atoms with Gasteiger partial charge in [-0.15, -0.1) is 0 Å². The van der Waals surface area contributed by atoms with Gasteiger partial charge < -0.3 is 10.2 Å². The average molecular weight is 292 g/mol. The Morgan fingerprint density at radius 2 is 1.60 bits per heavy atom. The number of halogens is 3. The Balaban J connectivity index is 1.59. The van der Waals surface area contributed by atoms with Crippen LogP contribution in [0.1, 0.15) is 51.4 Å². The van der Waals surface area contributed by atoms with Gasteiger partial charge in [-0.3, -0.25) is 0 Å². The number of nitrogens with one attached hydrogen (secondary N) is 1. The predicted molar refractivity (Wildman–Crippen MR) is 74.7 cm³/mol. The normalized spacial score (nSPS) is 29.2. The van der Waals surface area contributed by atoms with Crippen LogP contribution in [-0.4, -0.2) is 43.3 Å². The molecule has 0 spiro atoms. The van der Waals surface area contributed by atoms with Crippen LogP contribution < -0.4 is 5.32 Å². The molecule has 0 aromatic carbocycles. The Hall–Kier alpha value is -0.290. The minimum atomic E-state index is -3.99. The minimum Gasteiger partial charge on any atom is -0.313 e. The molecule has 20 heavy (non-hydrogen) atoms. The molecule has 0 heterocycles. The molecule has 2 saturated carbocycles. The van der Waals surface area contributed by atoms with Gasteiger partial charge in [-0.2, -0.15) is 13.2 Å². The van der Waals surface area contributed by atoms with Crippen molar-refractivity contribution in [3.8, 4) is 0 Å². The Morgan fingerprint density at radius 1 is 1.00 bits per heavy atom. The Labute approximate surface area is 120 Å². The Bertz CT molecular complexity index is 279. The number of hydrogen-bond acceptors (Lipinski definition) is 2. The van der Waals surface area contributed by atoms with Crippen LogP contribution in [0.15, 0.2) is 0 Å². The highest BCUT2D eigenvalue weighted by atomic mass is 19.4. The van der Waals surface area contributed by atoms with Gasteiger partial charge in [0.2, 0.25) is 0 Å². The first-order chi connectivity index (χ1) is 9.47. The third kappa shape index (κ3) is 4.62. The molecular weight excluding hydrogens is 265 g/mol. The van der Waals surface area contributed by atoms with E-state index in [4.69, 9.17) is 0 Å². The molecule has 0 aromatic heterocycles. The fourth-order valence-corrected chi connectivity index (χ4v) is 3.60. The lowest BCUT2D eigenvalue weighted by Crippen LogP contribution is -2.41. The van der Waals surface area contributed by atoms with E-state index >= 15 is 0 Å². The molecule has 0 atom stereocenters. The van der Waals surface area contributed by atoms with Gasteiger partial charge in [-0.05, 0) is 45.6 Å². The maximum absolute atomic E-state index is 12.6. The van der Waals surface area contributed by atoms with Gasteiger partial charge in [-0.25, -0.2) is 0 Å². The lowest BCUT2D eigenvalue weighted by molar-refractivity contribution is -0.182. The summed E-state index contributed by atoms with van der Waals surface area (Å²) in [6.07, 6.45) is 3.19. The van der Waals surface area contributed by atoms with Crippen LogP contribution in [0, 0.1) is 5.92 Å². The lowest BCUT2D eigenvalue weighted by atomic mass is 9.85. The van der Waals surface area contributed by atoms with E-state index in [0.717, 1.165) is 19.1 Å². The zero-order valence-electron chi connectivity index (χ0n) is 12.4. The highest BCUT2D eigenvalue weighted by molar-refractivity contribution is 4.81. The Kier molecular flexibility index (Phi) is 5.73. The molecule has 2 rings (SSSR count). The van der Waals surface area contributed by atoms with Gasteiger partial charge in [0, 0.05) is 25.2 Å². The monoisotopic (exact) mass is 292 g/mol. The van der Waals surface area contributed by atoms with Crippen molar-refractivity contribution in [1.29, 1.82) is 0 Å². The smallest absolute Gasteiger partial charge is 0.313 e. The third-order valence-electron chi connectivity index (χ3n) is 5.04. The van der Waals surface area contributed by atoms with Crippen molar-refractivity contribution in [3.05, 3.63) is 0 Å². The molecule has 118 valence electrons. The number of hydrogen-bond donors (Lipinski definition) is 1. The van der Waals surface area contributed by atoms with Crippen LogP contribution in [0.25, 0.3) is 0 Å². The van der Waals surface area contributed by atoms with E-state index in [-0.39, 0.29) is 6.04 Å². The van der Waals surface area contributed by atoms with Crippen LogP contribution in [0.2, 0.25) is 0 Å². The second-order valence-corrected chi connectivity index (χ2v) is 6.46. The van der Waals surface area contributed by atoms with Crippen molar-refractivity contribution in [2.24, 2.45) is 5.92 Å². The van der Waals surface area contributed by atoms with E-state index in [1.807, 2.05) is 0 Å². The van der Waals surface area contributed by atoms with E-state index in [2.05, 4.69) is 17.3 Å². The molecule has 2 fully saturated rings. The van der Waals surface area contributed by atoms with Crippen LogP contribution in [-0.2, 0) is 0 Å². The summed E-state index contributed by atoms with van der Waals surface area (Å²) >= 11 is 0. The van der Waals surface area contributed by atoms with Crippen LogP contribution in [0.3, 0.4) is 0 Å². The van der Waals surface area contributed by atoms with Crippen LogP contribution in [0.4, 0.5) is 13.2 Å². The molecule has 0 unspecified atom stereocenters. The molecule has 5 heteroatoms. The van der Waals surface area contributed by atoms with E-state index in [1.54, 1.807) is 0 Å². The van der Waals surface area contributed by atoms with E-state index < -0.39 is 12.1 Å². The van der Waals surface area contributed by atoms with Crippen molar-refractivity contribution in [2.75, 3.05) is 20.1 Å². The van der Waals surface area contributed by atoms with E-state index in [9.17, 15) is 13.2 Å². The minimum absolute atomic E-state index is 0.283. The molecular formula is C15H27F3N2. The van der Waals surface area contributed by atoms with Crippen molar-refractivity contribution in [3.63, 3.8) is 0 Å². The predicted octanol–water partition coefficient (Wildman–Crippen LogP) is 3.57. The quantitative estimate of drug-likeness (QED) is 0.833. The molecule has 0 saturated heterocycles. The van der Waals surface area contributed by atoms with Gasteiger partial charge >= 0.3 is 6.18 Å². The molecule has 1 N–H and O–H groups in total. The average Bonchev–Trinajstić information content (AvgIpc) is 2.92. The number of alkyl halides is 3. The zero-order chi connectivity index (χ0) is 14.6. The Morgan fingerprint density at radius 3 is 2.15 bits per heavy atom. The molecule has 0 radical (unpaired) electrons. The van der Waals surface area contributed by atoms with Crippen LogP contribution in [0.5, 0.6) is 0 Å². The van der Waals surface area contributed by atoms with Crippen LogP contribution >= 0.6 is 0 Å². The third-order valence-corrected chi connectivity index (χ3v) is 5.04. The fourth-order valence-electron chi connectivity index (χ4n) is 3.60. The van der Waals surface area contributed by atoms with Gasteiger partial charge in [-0.1, -0.05) is 12.8 Å². The maximum atomic E-state index is 12.6. The number of likely N-dealkylation sites (N-methyl/N-ethyl adjacent to an activating group) is 1. The van der Waals surface area contributed by atoms with Gasteiger partial charge in [0.25, 0.3) is 0 Å². The SMILES string of the molecule is CN(CCNC1CCC(C(F)(F)F)CC1)C1CCCC1. The molecule has 2 nitrogen and oxygen atoms in total. The van der Waals surface area contributed by atoms with E-state index in [0.29, 0.717) is 25.7 Å². The molecule has 2 aliphatic rings. The highest BCUT2D eigenvalue weighted by Crippen LogP contribution is 2.37. The van der Waals surface area contributed by atoms with Gasteiger partial charge in [0.1, 0.15) is 0 Å². The molecule has 2 aliphatic carbocycles. The highest BCUT2D eigenvalue weighted by Gasteiger charge is 2.41. The summed E-state index contributed by atoms with van der Waals surface area (Å²) in [7, 11) is 2.16. The molecule has 0 aliphatic heterocycles. The summed E-state index contributed by atoms with van der Waals surface area (Å²) < 4.78 is 37.7. The summed E-state index contributed by atoms with van der Waals surface area (Å²) in [6.45, 7) is 1.90. The second kappa shape index (κ2) is 7.12. The zero-order valence-corrected chi connectivity index (χ0v) is 12.4. The van der Waals surface area contributed by atoms with Crippen molar-refractivity contribution in [1.82, 2.24) is 10.2 Å². The summed E-state index contributed by atoms with van der Waals surface area (Å²) in [5, 5.41) is 3.44. The second-order valence-electron chi connectivity index (χ2n) is 6.46.